The fourth-order valence-corrected chi connectivity index (χ4v) is 6.34. The van der Waals surface area contributed by atoms with Crippen LogP contribution in [-0.4, -0.2) is 25.5 Å². The number of benzene rings is 1. The second-order valence-electron chi connectivity index (χ2n) is 8.79. The molecule has 2 bridgehead atoms. The topological polar surface area (TPSA) is 83.5 Å². The number of sulfonamides is 1. The standard InChI is InChI=1S/C22H31NO4S/c1-22(2)16-14-19(22)18(12-8-3-4-9-13-21(24)25)20(15-16)23-28(26,27)17-10-6-5-7-11-17/h3,5-8,10-11,16,18-20,23H,4,9,12-15H2,1-2H3,(H,24,25)/b8-3-/t16-,18-,19+,20+/m1/s1. The summed E-state index contributed by atoms with van der Waals surface area (Å²) >= 11 is 0. The number of hydrogen-bond donors (Lipinski definition) is 2. The van der Waals surface area contributed by atoms with Crippen LogP contribution in [0.1, 0.15) is 52.4 Å². The lowest BCUT2D eigenvalue weighted by Crippen LogP contribution is -2.61. The van der Waals surface area contributed by atoms with Crippen molar-refractivity contribution >= 4 is 16.0 Å². The molecule has 3 saturated carbocycles. The van der Waals surface area contributed by atoms with E-state index >= 15 is 0 Å². The molecule has 154 valence electrons. The Hall–Kier alpha value is -1.66. The molecule has 4 rings (SSSR count). The average molecular weight is 406 g/mol. The minimum Gasteiger partial charge on any atom is -0.481 e. The van der Waals surface area contributed by atoms with Crippen LogP contribution in [0.4, 0.5) is 0 Å². The normalized spacial score (nSPS) is 28.8. The monoisotopic (exact) mass is 405 g/mol. The molecule has 0 aliphatic heterocycles. The summed E-state index contributed by atoms with van der Waals surface area (Å²) in [5.74, 6) is 0.586. The number of fused-ring (bicyclic) bond motifs is 2. The van der Waals surface area contributed by atoms with Crippen LogP contribution in [0.5, 0.6) is 0 Å². The number of allylic oxidation sites excluding steroid dienone is 2. The van der Waals surface area contributed by atoms with E-state index in [-0.39, 0.29) is 23.8 Å². The molecule has 1 aromatic carbocycles. The Morgan fingerprint density at radius 3 is 2.57 bits per heavy atom. The smallest absolute Gasteiger partial charge is 0.303 e. The van der Waals surface area contributed by atoms with Gasteiger partial charge < -0.3 is 5.11 Å². The van der Waals surface area contributed by atoms with Gasteiger partial charge in [0.15, 0.2) is 0 Å². The molecule has 28 heavy (non-hydrogen) atoms. The molecule has 2 N–H and O–H groups in total. The lowest BCUT2D eigenvalue weighted by Gasteiger charge is -2.62. The number of hydrogen-bond acceptors (Lipinski definition) is 3. The summed E-state index contributed by atoms with van der Waals surface area (Å²) < 4.78 is 28.6. The van der Waals surface area contributed by atoms with E-state index in [1.807, 2.05) is 12.1 Å². The van der Waals surface area contributed by atoms with Crippen LogP contribution in [0.15, 0.2) is 47.4 Å². The van der Waals surface area contributed by atoms with E-state index in [0.717, 1.165) is 19.3 Å². The fraction of sp³-hybridized carbons (Fsp3) is 0.591. The van der Waals surface area contributed by atoms with Crippen LogP contribution < -0.4 is 4.72 Å². The van der Waals surface area contributed by atoms with Crippen molar-refractivity contribution in [1.82, 2.24) is 4.72 Å². The molecule has 6 heteroatoms. The average Bonchev–Trinajstić information content (AvgIpc) is 2.65. The van der Waals surface area contributed by atoms with Crippen LogP contribution in [0.3, 0.4) is 0 Å². The van der Waals surface area contributed by atoms with Crippen molar-refractivity contribution in [2.45, 2.75) is 63.3 Å². The fourth-order valence-electron chi connectivity index (χ4n) is 5.02. The van der Waals surface area contributed by atoms with Gasteiger partial charge in [-0.25, -0.2) is 13.1 Å². The van der Waals surface area contributed by atoms with Crippen molar-refractivity contribution in [3.63, 3.8) is 0 Å². The molecular formula is C22H31NO4S. The largest absolute Gasteiger partial charge is 0.481 e. The lowest BCUT2D eigenvalue weighted by molar-refractivity contribution is -0.137. The molecule has 0 heterocycles. The molecular weight excluding hydrogens is 374 g/mol. The third-order valence-corrected chi connectivity index (χ3v) is 8.32. The number of nitrogens with one attached hydrogen (secondary N) is 1. The number of carboxylic acid groups (broad SMARTS) is 1. The van der Waals surface area contributed by atoms with Crippen LogP contribution in [0, 0.1) is 23.2 Å². The first-order chi connectivity index (χ1) is 13.2. The zero-order valence-electron chi connectivity index (χ0n) is 16.7. The highest BCUT2D eigenvalue weighted by Gasteiger charge is 2.57. The van der Waals surface area contributed by atoms with Gasteiger partial charge >= 0.3 is 5.97 Å². The van der Waals surface area contributed by atoms with Gasteiger partial charge in [-0.2, -0.15) is 0 Å². The van der Waals surface area contributed by atoms with Gasteiger partial charge in [0.1, 0.15) is 0 Å². The quantitative estimate of drug-likeness (QED) is 0.476. The van der Waals surface area contributed by atoms with Crippen molar-refractivity contribution in [1.29, 1.82) is 0 Å². The van der Waals surface area contributed by atoms with Crippen LogP contribution in [0.2, 0.25) is 0 Å². The Balaban J connectivity index is 1.67. The minimum absolute atomic E-state index is 0.0503. The van der Waals surface area contributed by atoms with E-state index in [1.165, 1.54) is 6.42 Å². The van der Waals surface area contributed by atoms with Gasteiger partial charge in [-0.15, -0.1) is 0 Å². The predicted octanol–water partition coefficient (Wildman–Crippen LogP) is 4.22. The molecule has 3 fully saturated rings. The highest BCUT2D eigenvalue weighted by Crippen LogP contribution is 2.62. The van der Waals surface area contributed by atoms with Gasteiger partial charge in [0.05, 0.1) is 4.90 Å². The minimum atomic E-state index is -3.52. The Morgan fingerprint density at radius 2 is 1.93 bits per heavy atom. The first kappa shape index (κ1) is 21.1. The summed E-state index contributed by atoms with van der Waals surface area (Å²) in [7, 11) is -3.52. The molecule has 0 spiro atoms. The summed E-state index contributed by atoms with van der Waals surface area (Å²) in [6.07, 6.45) is 8.61. The molecule has 3 aliphatic rings. The van der Waals surface area contributed by atoms with Crippen LogP contribution >= 0.6 is 0 Å². The number of carbonyl (C=O) groups is 1. The summed E-state index contributed by atoms with van der Waals surface area (Å²) in [6, 6.07) is 8.52. The predicted molar refractivity (Wildman–Crippen MR) is 109 cm³/mol. The molecule has 5 nitrogen and oxygen atoms in total. The van der Waals surface area contributed by atoms with Crippen LogP contribution in [0.25, 0.3) is 0 Å². The maximum absolute atomic E-state index is 12.8. The summed E-state index contributed by atoms with van der Waals surface area (Å²) in [4.78, 5) is 10.9. The molecule has 0 saturated heterocycles. The highest BCUT2D eigenvalue weighted by molar-refractivity contribution is 7.89. The molecule has 4 atom stereocenters. The molecule has 3 aliphatic carbocycles. The number of carboxylic acids is 1. The maximum atomic E-state index is 12.8. The van der Waals surface area contributed by atoms with Crippen molar-refractivity contribution < 1.29 is 18.3 Å². The van der Waals surface area contributed by atoms with Gasteiger partial charge in [0.25, 0.3) is 0 Å². The first-order valence-corrected chi connectivity index (χ1v) is 11.6. The van der Waals surface area contributed by atoms with E-state index in [4.69, 9.17) is 5.11 Å². The Bertz CT molecular complexity index is 816. The second-order valence-corrected chi connectivity index (χ2v) is 10.5. The van der Waals surface area contributed by atoms with E-state index in [9.17, 15) is 13.2 Å². The third kappa shape index (κ3) is 4.49. The lowest BCUT2D eigenvalue weighted by atomic mass is 9.44. The van der Waals surface area contributed by atoms with Gasteiger partial charge in [0, 0.05) is 12.5 Å². The number of aliphatic carboxylic acids is 1. The zero-order valence-corrected chi connectivity index (χ0v) is 17.5. The van der Waals surface area contributed by atoms with Gasteiger partial charge in [-0.1, -0.05) is 44.2 Å². The van der Waals surface area contributed by atoms with Crippen molar-refractivity contribution in [3.05, 3.63) is 42.5 Å². The Kier molecular flexibility index (Phi) is 6.30. The zero-order chi connectivity index (χ0) is 20.4. The van der Waals surface area contributed by atoms with E-state index in [2.05, 4.69) is 24.6 Å². The molecule has 1 aromatic rings. The molecule has 0 unspecified atom stereocenters. The SMILES string of the molecule is CC1(C)[C@H]2C[C@H](NS(=O)(=O)c3ccccc3)[C@H](C/C=C\CCCC(=O)O)[C@@H]1C2. The van der Waals surface area contributed by atoms with Crippen molar-refractivity contribution in [2.75, 3.05) is 0 Å². The van der Waals surface area contributed by atoms with Gasteiger partial charge in [0.2, 0.25) is 10.0 Å². The van der Waals surface area contributed by atoms with E-state index in [1.54, 1.807) is 24.3 Å². The first-order valence-electron chi connectivity index (χ1n) is 10.2. The number of unbranched alkanes of at least 4 members (excludes halogenated alkanes) is 1. The maximum Gasteiger partial charge on any atom is 0.303 e. The molecule has 0 amide bonds. The Morgan fingerprint density at radius 1 is 1.21 bits per heavy atom. The van der Waals surface area contributed by atoms with Crippen molar-refractivity contribution in [3.8, 4) is 0 Å². The second kappa shape index (κ2) is 8.37. The van der Waals surface area contributed by atoms with E-state index in [0.29, 0.717) is 23.2 Å². The summed E-state index contributed by atoms with van der Waals surface area (Å²) in [5.41, 5.74) is 0.260. The molecule has 0 radical (unpaired) electrons. The highest BCUT2D eigenvalue weighted by atomic mass is 32.2. The van der Waals surface area contributed by atoms with Crippen LogP contribution in [-0.2, 0) is 14.8 Å². The summed E-state index contributed by atoms with van der Waals surface area (Å²) in [6.45, 7) is 4.61. The number of rotatable bonds is 9. The Labute approximate surface area is 168 Å². The third-order valence-electron chi connectivity index (χ3n) is 6.81. The van der Waals surface area contributed by atoms with Gasteiger partial charge in [-0.05, 0) is 67.4 Å². The summed E-state index contributed by atoms with van der Waals surface area (Å²) in [5, 5.41) is 8.72. The molecule has 0 aromatic heterocycles. The van der Waals surface area contributed by atoms with Gasteiger partial charge in [-0.3, -0.25) is 4.79 Å². The van der Waals surface area contributed by atoms with Crippen molar-refractivity contribution in [2.24, 2.45) is 23.2 Å². The van der Waals surface area contributed by atoms with E-state index < -0.39 is 16.0 Å².